The Morgan fingerprint density at radius 2 is 1.78 bits per heavy atom. The molecule has 2 aromatic rings. The van der Waals surface area contributed by atoms with Gasteiger partial charge in [0.2, 0.25) is 11.8 Å². The summed E-state index contributed by atoms with van der Waals surface area (Å²) in [5.41, 5.74) is 0.821. The molecule has 4 amide bonds. The molecule has 4 rings (SSSR count). The quantitative estimate of drug-likeness (QED) is 0.590. The maximum absolute atomic E-state index is 14.4. The van der Waals surface area contributed by atoms with Gasteiger partial charge in [0.1, 0.15) is 29.7 Å². The van der Waals surface area contributed by atoms with Crippen molar-refractivity contribution in [3.63, 3.8) is 0 Å². The summed E-state index contributed by atoms with van der Waals surface area (Å²) in [5.74, 6) is -1.93. The number of hydrazine groups is 1. The lowest BCUT2D eigenvalue weighted by Gasteiger charge is -2.54. The van der Waals surface area contributed by atoms with E-state index in [1.54, 1.807) is 19.2 Å². The van der Waals surface area contributed by atoms with Crippen LogP contribution in [0.25, 0.3) is 0 Å². The molecule has 2 aliphatic rings. The minimum atomic E-state index is -0.830. The first-order valence-electron chi connectivity index (χ1n) is 11.7. The fraction of sp³-hybridized carbons (Fsp3) is 0.400. The van der Waals surface area contributed by atoms with Crippen molar-refractivity contribution in [3.8, 4) is 0 Å². The molecule has 37 heavy (non-hydrogen) atoms. The van der Waals surface area contributed by atoms with Crippen LogP contribution in [0.5, 0.6) is 0 Å². The van der Waals surface area contributed by atoms with E-state index < -0.39 is 29.9 Å². The Morgan fingerprint density at radius 3 is 2.46 bits per heavy atom. The summed E-state index contributed by atoms with van der Waals surface area (Å²) in [6.45, 7) is -0.154. The fourth-order valence-electron chi connectivity index (χ4n) is 4.67. The van der Waals surface area contributed by atoms with Crippen molar-refractivity contribution in [1.29, 1.82) is 0 Å². The third-order valence-electron chi connectivity index (χ3n) is 6.48. The highest BCUT2D eigenvalue weighted by atomic mass is 32.2. The lowest BCUT2D eigenvalue weighted by molar-refractivity contribution is -0.187. The van der Waals surface area contributed by atoms with E-state index in [1.165, 1.54) is 49.8 Å². The van der Waals surface area contributed by atoms with Crippen molar-refractivity contribution in [3.05, 3.63) is 71.0 Å². The van der Waals surface area contributed by atoms with Crippen LogP contribution < -0.4 is 5.32 Å². The molecular weight excluding hydrogens is 507 g/mol. The molecule has 0 aromatic heterocycles. The summed E-state index contributed by atoms with van der Waals surface area (Å²) in [6, 6.07) is 7.54. The van der Waals surface area contributed by atoms with Crippen LogP contribution in [0, 0.1) is 17.5 Å². The Hall–Kier alpha value is -3.25. The first-order valence-corrected chi connectivity index (χ1v) is 13.1. The molecule has 1 N–H and O–H groups in total. The SMILES string of the molecule is CSCC[C@H]1C(=O)N(Cc2ccc(F)cc2F)C[C@H]2N1C(=O)CN(C)N2C(=O)NCc1ccc(F)cc1. The molecule has 12 heteroatoms. The van der Waals surface area contributed by atoms with Gasteiger partial charge in [0.25, 0.3) is 0 Å². The van der Waals surface area contributed by atoms with E-state index in [-0.39, 0.29) is 49.4 Å². The number of rotatable bonds is 7. The summed E-state index contributed by atoms with van der Waals surface area (Å²) in [5, 5.41) is 5.67. The molecule has 2 fully saturated rings. The summed E-state index contributed by atoms with van der Waals surface area (Å²) in [6.07, 6.45) is 1.42. The summed E-state index contributed by atoms with van der Waals surface area (Å²) >= 11 is 1.52. The van der Waals surface area contributed by atoms with Crippen LogP contribution in [0.15, 0.2) is 42.5 Å². The second-order valence-corrected chi connectivity index (χ2v) is 9.96. The Kier molecular flexibility index (Phi) is 8.28. The van der Waals surface area contributed by atoms with Gasteiger partial charge in [-0.1, -0.05) is 18.2 Å². The third-order valence-corrected chi connectivity index (χ3v) is 7.12. The van der Waals surface area contributed by atoms with E-state index in [0.29, 0.717) is 17.7 Å². The topological polar surface area (TPSA) is 76.2 Å². The third kappa shape index (κ3) is 5.85. The number of thioether (sulfide) groups is 1. The number of hydrogen-bond donors (Lipinski definition) is 1. The molecule has 0 spiro atoms. The van der Waals surface area contributed by atoms with Gasteiger partial charge in [0, 0.05) is 31.8 Å². The number of benzene rings is 2. The van der Waals surface area contributed by atoms with Crippen LogP contribution in [-0.4, -0.2) is 82.0 Å². The number of nitrogens with zero attached hydrogens (tertiary/aromatic N) is 4. The second kappa shape index (κ2) is 11.4. The molecule has 2 atom stereocenters. The molecule has 2 heterocycles. The first-order chi connectivity index (χ1) is 17.7. The highest BCUT2D eigenvalue weighted by Crippen LogP contribution is 2.29. The van der Waals surface area contributed by atoms with E-state index in [9.17, 15) is 27.6 Å². The number of fused-ring (bicyclic) bond motifs is 1. The van der Waals surface area contributed by atoms with Crippen molar-refractivity contribution in [2.45, 2.75) is 31.7 Å². The minimum Gasteiger partial charge on any atom is -0.333 e. The van der Waals surface area contributed by atoms with Gasteiger partial charge in [0.05, 0.1) is 13.1 Å². The van der Waals surface area contributed by atoms with E-state index in [0.717, 1.165) is 12.1 Å². The van der Waals surface area contributed by atoms with E-state index in [4.69, 9.17) is 0 Å². The van der Waals surface area contributed by atoms with E-state index in [2.05, 4.69) is 5.32 Å². The van der Waals surface area contributed by atoms with E-state index in [1.807, 2.05) is 6.26 Å². The molecular formula is C25H28F3N5O3S. The fourth-order valence-corrected chi connectivity index (χ4v) is 5.13. The monoisotopic (exact) mass is 535 g/mol. The number of hydrogen-bond acceptors (Lipinski definition) is 5. The summed E-state index contributed by atoms with van der Waals surface area (Å²) in [4.78, 5) is 42.8. The smallest absolute Gasteiger partial charge is 0.333 e. The number of nitrogens with one attached hydrogen (secondary N) is 1. The molecule has 198 valence electrons. The Balaban J connectivity index is 1.60. The molecule has 0 aliphatic carbocycles. The van der Waals surface area contributed by atoms with Crippen molar-refractivity contribution in [2.24, 2.45) is 0 Å². The number of piperazine rings is 1. The van der Waals surface area contributed by atoms with Crippen LogP contribution in [-0.2, 0) is 22.7 Å². The van der Waals surface area contributed by atoms with Gasteiger partial charge in [-0.25, -0.2) is 28.0 Å². The second-order valence-electron chi connectivity index (χ2n) is 8.98. The molecule has 0 saturated carbocycles. The molecule has 0 bridgehead atoms. The number of likely N-dealkylation sites (N-methyl/N-ethyl adjacent to an activating group) is 1. The van der Waals surface area contributed by atoms with Gasteiger partial charge < -0.3 is 15.1 Å². The lowest BCUT2D eigenvalue weighted by atomic mass is 10.0. The normalized spacial score (nSPS) is 20.3. The van der Waals surface area contributed by atoms with Crippen molar-refractivity contribution < 1.29 is 27.6 Å². The maximum Gasteiger partial charge on any atom is 0.334 e. The predicted molar refractivity (Wildman–Crippen MR) is 132 cm³/mol. The number of halogens is 3. The Morgan fingerprint density at radius 1 is 1.08 bits per heavy atom. The van der Waals surface area contributed by atoms with Gasteiger partial charge in [-0.05, 0) is 42.2 Å². The summed E-state index contributed by atoms with van der Waals surface area (Å²) < 4.78 is 41.1. The van der Waals surface area contributed by atoms with Gasteiger partial charge >= 0.3 is 6.03 Å². The van der Waals surface area contributed by atoms with Gasteiger partial charge in [0.15, 0.2) is 0 Å². The summed E-state index contributed by atoms with van der Waals surface area (Å²) in [7, 11) is 1.60. The van der Waals surface area contributed by atoms with E-state index >= 15 is 0 Å². The highest BCUT2D eigenvalue weighted by molar-refractivity contribution is 7.98. The number of urea groups is 1. The number of carbonyl (C=O) groups is 3. The van der Waals surface area contributed by atoms with Crippen molar-refractivity contribution in [2.75, 3.05) is 32.1 Å². The van der Waals surface area contributed by atoms with Crippen LogP contribution in [0.3, 0.4) is 0 Å². The largest absolute Gasteiger partial charge is 0.334 e. The maximum atomic E-state index is 14.4. The standard InChI is InChI=1S/C25H28F3N5O3S/c1-30-15-23(34)32-21(9-10-37-2)24(35)31(13-17-5-8-19(27)11-20(17)28)14-22(32)33(30)25(36)29-12-16-3-6-18(26)7-4-16/h3-8,11,21-22H,9-10,12-15H2,1-2H3,(H,29,36)/t21-,22-/m0/s1. The number of amides is 4. The molecule has 2 aliphatic heterocycles. The van der Waals surface area contributed by atoms with Gasteiger partial charge in [-0.15, -0.1) is 0 Å². The highest BCUT2D eigenvalue weighted by Gasteiger charge is 2.50. The van der Waals surface area contributed by atoms with Gasteiger partial charge in [-0.3, -0.25) is 9.59 Å². The Labute approximate surface area is 217 Å². The van der Waals surface area contributed by atoms with Crippen LogP contribution in [0.4, 0.5) is 18.0 Å². The Bertz CT molecular complexity index is 1170. The zero-order chi connectivity index (χ0) is 26.7. The van der Waals surface area contributed by atoms with Crippen LogP contribution in [0.2, 0.25) is 0 Å². The van der Waals surface area contributed by atoms with Gasteiger partial charge in [-0.2, -0.15) is 11.8 Å². The van der Waals surface area contributed by atoms with Crippen molar-refractivity contribution >= 4 is 29.6 Å². The average molecular weight is 536 g/mol. The van der Waals surface area contributed by atoms with Crippen molar-refractivity contribution in [1.82, 2.24) is 25.1 Å². The number of carbonyl (C=O) groups excluding carboxylic acids is 3. The zero-order valence-corrected chi connectivity index (χ0v) is 21.3. The molecule has 8 nitrogen and oxygen atoms in total. The van der Waals surface area contributed by atoms with Crippen LogP contribution >= 0.6 is 11.8 Å². The molecule has 0 radical (unpaired) electrons. The molecule has 2 aromatic carbocycles. The minimum absolute atomic E-state index is 0.0501. The molecule has 0 unspecified atom stereocenters. The van der Waals surface area contributed by atoms with Crippen LogP contribution in [0.1, 0.15) is 17.5 Å². The first kappa shape index (κ1) is 26.8. The zero-order valence-electron chi connectivity index (χ0n) is 20.5. The lowest BCUT2D eigenvalue weighted by Crippen LogP contribution is -2.75. The predicted octanol–water partition coefficient (Wildman–Crippen LogP) is 2.79. The average Bonchev–Trinajstić information content (AvgIpc) is 2.85. The molecule has 2 saturated heterocycles.